The van der Waals surface area contributed by atoms with Crippen LogP contribution < -0.4 is 10.1 Å². The number of nitrogens with zero attached hydrogens (tertiary/aromatic N) is 4. The maximum atomic E-state index is 12.4. The normalized spacial score (nSPS) is 10.6. The van der Waals surface area contributed by atoms with Crippen LogP contribution in [0.4, 0.5) is 5.69 Å². The van der Waals surface area contributed by atoms with Gasteiger partial charge in [0, 0.05) is 34.7 Å². The fraction of sp³-hybridized carbons (Fsp3) is 0.0909. The van der Waals surface area contributed by atoms with Gasteiger partial charge in [0.2, 0.25) is 5.91 Å². The highest BCUT2D eigenvalue weighted by atomic mass is 35.5. The maximum Gasteiger partial charge on any atom is 0.234 e. The number of thioether (sulfide) groups is 1. The number of benzene rings is 2. The molecule has 0 radical (unpaired) electrons. The highest BCUT2D eigenvalue weighted by molar-refractivity contribution is 7.99. The minimum Gasteiger partial charge on any atom is -0.489 e. The average Bonchev–Trinajstić information content (AvgIpc) is 3.26. The number of nitrogens with one attached hydrogen (secondary N) is 1. The summed E-state index contributed by atoms with van der Waals surface area (Å²) in [4.78, 5) is 16.5. The van der Waals surface area contributed by atoms with E-state index in [2.05, 4.69) is 20.5 Å². The monoisotopic (exact) mass is 451 g/mol. The standard InChI is InChI=1S/C22H18ClN5O2S/c23-17-5-1-7-19(10-17)28-15-25-27-22(28)31-14-21(29)26-18-6-2-8-20(11-18)30-13-16-4-3-9-24-12-16/h1-12,15H,13-14H2,(H,26,29). The molecule has 9 heteroatoms. The third-order valence-corrected chi connectivity index (χ3v) is 5.36. The van der Waals surface area contributed by atoms with Crippen LogP contribution in [-0.2, 0) is 11.4 Å². The van der Waals surface area contributed by atoms with E-state index < -0.39 is 0 Å². The van der Waals surface area contributed by atoms with Crippen molar-refractivity contribution in [2.24, 2.45) is 0 Å². The first-order valence-electron chi connectivity index (χ1n) is 9.38. The van der Waals surface area contributed by atoms with Gasteiger partial charge in [-0.05, 0) is 36.4 Å². The van der Waals surface area contributed by atoms with E-state index in [4.69, 9.17) is 16.3 Å². The Morgan fingerprint density at radius 2 is 2.03 bits per heavy atom. The second-order valence-corrected chi connectivity index (χ2v) is 7.86. The smallest absolute Gasteiger partial charge is 0.234 e. The van der Waals surface area contributed by atoms with Crippen LogP contribution in [0.3, 0.4) is 0 Å². The summed E-state index contributed by atoms with van der Waals surface area (Å²) in [7, 11) is 0. The minimum atomic E-state index is -0.157. The molecule has 31 heavy (non-hydrogen) atoms. The lowest BCUT2D eigenvalue weighted by atomic mass is 10.3. The van der Waals surface area contributed by atoms with Gasteiger partial charge in [-0.25, -0.2) is 0 Å². The lowest BCUT2D eigenvalue weighted by Crippen LogP contribution is -2.14. The van der Waals surface area contributed by atoms with Crippen LogP contribution in [0.2, 0.25) is 5.02 Å². The SMILES string of the molecule is O=C(CSc1nncn1-c1cccc(Cl)c1)Nc1cccc(OCc2cccnc2)c1. The molecule has 4 aromatic rings. The molecule has 2 aromatic carbocycles. The molecular weight excluding hydrogens is 434 g/mol. The summed E-state index contributed by atoms with van der Waals surface area (Å²) >= 11 is 7.35. The van der Waals surface area contributed by atoms with Gasteiger partial charge in [-0.15, -0.1) is 10.2 Å². The molecule has 0 spiro atoms. The van der Waals surface area contributed by atoms with Crippen molar-refractivity contribution in [1.82, 2.24) is 19.7 Å². The zero-order chi connectivity index (χ0) is 21.5. The largest absolute Gasteiger partial charge is 0.489 e. The number of anilines is 1. The highest BCUT2D eigenvalue weighted by Crippen LogP contribution is 2.23. The average molecular weight is 452 g/mol. The zero-order valence-electron chi connectivity index (χ0n) is 16.3. The first-order valence-corrected chi connectivity index (χ1v) is 10.7. The third kappa shape index (κ3) is 5.84. The Balaban J connectivity index is 1.33. The van der Waals surface area contributed by atoms with Gasteiger partial charge in [0.15, 0.2) is 5.16 Å². The van der Waals surface area contributed by atoms with Crippen LogP contribution in [0.15, 0.2) is 84.5 Å². The van der Waals surface area contributed by atoms with Gasteiger partial charge in [-0.1, -0.05) is 41.6 Å². The Hall–Kier alpha value is -3.36. The molecule has 4 rings (SSSR count). The number of carbonyl (C=O) groups is 1. The number of pyridine rings is 1. The number of amides is 1. The summed E-state index contributed by atoms with van der Waals surface area (Å²) in [5, 5.41) is 12.1. The number of halogens is 1. The van der Waals surface area contributed by atoms with E-state index >= 15 is 0 Å². The molecule has 0 bridgehead atoms. The number of hydrogen-bond donors (Lipinski definition) is 1. The van der Waals surface area contributed by atoms with Crippen molar-refractivity contribution >= 4 is 35.0 Å². The molecule has 1 N–H and O–H groups in total. The molecule has 0 aliphatic carbocycles. The predicted octanol–water partition coefficient (Wildman–Crippen LogP) is 4.63. The number of hydrogen-bond acceptors (Lipinski definition) is 6. The van der Waals surface area contributed by atoms with Crippen LogP contribution in [0.5, 0.6) is 5.75 Å². The van der Waals surface area contributed by atoms with Gasteiger partial charge in [-0.3, -0.25) is 14.3 Å². The lowest BCUT2D eigenvalue weighted by Gasteiger charge is -2.10. The molecule has 0 aliphatic rings. The van der Waals surface area contributed by atoms with Gasteiger partial charge >= 0.3 is 0 Å². The van der Waals surface area contributed by atoms with Gasteiger partial charge in [0.05, 0.1) is 11.4 Å². The van der Waals surface area contributed by atoms with Crippen LogP contribution in [0.1, 0.15) is 5.56 Å². The van der Waals surface area contributed by atoms with Crippen molar-refractivity contribution in [3.05, 3.63) is 90.0 Å². The molecule has 0 saturated carbocycles. The molecule has 0 atom stereocenters. The molecular formula is C22H18ClN5O2S. The van der Waals surface area contributed by atoms with Gasteiger partial charge in [-0.2, -0.15) is 0 Å². The third-order valence-electron chi connectivity index (χ3n) is 4.18. The van der Waals surface area contributed by atoms with Crippen LogP contribution >= 0.6 is 23.4 Å². The van der Waals surface area contributed by atoms with E-state index in [0.29, 0.717) is 28.2 Å². The van der Waals surface area contributed by atoms with E-state index in [1.165, 1.54) is 11.8 Å². The van der Waals surface area contributed by atoms with Gasteiger partial charge in [0.25, 0.3) is 0 Å². The molecule has 156 valence electrons. The molecule has 1 amide bonds. The summed E-state index contributed by atoms with van der Waals surface area (Å²) in [5.74, 6) is 0.685. The Morgan fingerprint density at radius 3 is 2.87 bits per heavy atom. The Morgan fingerprint density at radius 1 is 1.13 bits per heavy atom. The Labute approximate surface area is 188 Å². The van der Waals surface area contributed by atoms with Gasteiger partial charge < -0.3 is 10.1 Å². The second-order valence-electron chi connectivity index (χ2n) is 6.48. The van der Waals surface area contributed by atoms with Crippen molar-refractivity contribution in [3.63, 3.8) is 0 Å². The van der Waals surface area contributed by atoms with E-state index in [-0.39, 0.29) is 11.7 Å². The molecule has 0 saturated heterocycles. The molecule has 2 heterocycles. The van der Waals surface area contributed by atoms with Crippen molar-refractivity contribution in [1.29, 1.82) is 0 Å². The summed E-state index contributed by atoms with van der Waals surface area (Å²) in [6.45, 7) is 0.403. The van der Waals surface area contributed by atoms with Crippen molar-refractivity contribution in [2.75, 3.05) is 11.1 Å². The molecule has 0 aliphatic heterocycles. The molecule has 2 aromatic heterocycles. The fourth-order valence-electron chi connectivity index (χ4n) is 2.77. The fourth-order valence-corrected chi connectivity index (χ4v) is 3.68. The summed E-state index contributed by atoms with van der Waals surface area (Å²) in [5.41, 5.74) is 2.46. The first-order chi connectivity index (χ1) is 15.2. The van der Waals surface area contributed by atoms with E-state index in [1.54, 1.807) is 35.4 Å². The van der Waals surface area contributed by atoms with Crippen LogP contribution in [0.25, 0.3) is 5.69 Å². The van der Waals surface area contributed by atoms with Crippen LogP contribution in [0, 0.1) is 0 Å². The maximum absolute atomic E-state index is 12.4. The topological polar surface area (TPSA) is 81.9 Å². The Bertz CT molecular complexity index is 1170. The van der Waals surface area contributed by atoms with E-state index in [1.807, 2.05) is 48.5 Å². The van der Waals surface area contributed by atoms with Crippen molar-refractivity contribution in [2.45, 2.75) is 11.8 Å². The van der Waals surface area contributed by atoms with Gasteiger partial charge in [0.1, 0.15) is 18.7 Å². The Kier molecular flexibility index (Phi) is 6.81. The molecule has 0 fully saturated rings. The predicted molar refractivity (Wildman–Crippen MR) is 121 cm³/mol. The number of rotatable bonds is 8. The lowest BCUT2D eigenvalue weighted by molar-refractivity contribution is -0.113. The number of ether oxygens (including phenoxy) is 1. The first kappa shape index (κ1) is 20.9. The van der Waals surface area contributed by atoms with Crippen molar-refractivity contribution < 1.29 is 9.53 Å². The second kappa shape index (κ2) is 10.1. The minimum absolute atomic E-state index is 0.157. The molecule has 0 unspecified atom stereocenters. The number of carbonyl (C=O) groups excluding carboxylic acids is 1. The highest BCUT2D eigenvalue weighted by Gasteiger charge is 2.11. The quantitative estimate of drug-likeness (QED) is 0.393. The zero-order valence-corrected chi connectivity index (χ0v) is 17.9. The molecule has 7 nitrogen and oxygen atoms in total. The number of aromatic nitrogens is 4. The van der Waals surface area contributed by atoms with E-state index in [9.17, 15) is 4.79 Å². The summed E-state index contributed by atoms with van der Waals surface area (Å²) in [6, 6.07) is 18.4. The van der Waals surface area contributed by atoms with Crippen molar-refractivity contribution in [3.8, 4) is 11.4 Å². The van der Waals surface area contributed by atoms with Crippen LogP contribution in [-0.4, -0.2) is 31.4 Å². The van der Waals surface area contributed by atoms with E-state index in [0.717, 1.165) is 11.3 Å². The summed E-state index contributed by atoms with van der Waals surface area (Å²) < 4.78 is 7.57. The summed E-state index contributed by atoms with van der Waals surface area (Å²) in [6.07, 6.45) is 5.06.